The highest BCUT2D eigenvalue weighted by atomic mass is 16.4. The van der Waals surface area contributed by atoms with Crippen LogP contribution in [0.15, 0.2) is 53.4 Å². The van der Waals surface area contributed by atoms with Gasteiger partial charge in [0.2, 0.25) is 0 Å². The molecule has 3 rings (SSSR count). The van der Waals surface area contributed by atoms with Crippen molar-refractivity contribution in [1.29, 1.82) is 0 Å². The minimum absolute atomic E-state index is 0.0700. The summed E-state index contributed by atoms with van der Waals surface area (Å²) in [5.74, 6) is -0.108. The van der Waals surface area contributed by atoms with Crippen LogP contribution in [0.25, 0.3) is 17.3 Å². The Labute approximate surface area is 107 Å². The minimum atomic E-state index is -1.06. The summed E-state index contributed by atoms with van der Waals surface area (Å²) in [6.07, 6.45) is 4.51. The lowest BCUT2D eigenvalue weighted by atomic mass is 10.2. The predicted molar refractivity (Wildman–Crippen MR) is 66.0 cm³/mol. The number of pyridine rings is 1. The average molecular weight is 255 g/mol. The molecule has 0 saturated carbocycles. The number of hydrogen-bond donors (Lipinski definition) is 1. The monoisotopic (exact) mass is 255 g/mol. The highest BCUT2D eigenvalue weighted by Gasteiger charge is 2.19. The van der Waals surface area contributed by atoms with E-state index < -0.39 is 5.97 Å². The summed E-state index contributed by atoms with van der Waals surface area (Å²) >= 11 is 0. The van der Waals surface area contributed by atoms with Gasteiger partial charge in [0.05, 0.1) is 6.26 Å². The second kappa shape index (κ2) is 4.41. The predicted octanol–water partition coefficient (Wildman–Crippen LogP) is 2.23. The summed E-state index contributed by atoms with van der Waals surface area (Å²) < 4.78 is 6.62. The molecule has 0 amide bonds. The van der Waals surface area contributed by atoms with Crippen LogP contribution in [0.1, 0.15) is 10.4 Å². The van der Waals surface area contributed by atoms with Crippen LogP contribution in [0.2, 0.25) is 0 Å². The molecule has 19 heavy (non-hydrogen) atoms. The fourth-order valence-corrected chi connectivity index (χ4v) is 1.73. The first kappa shape index (κ1) is 11.2. The van der Waals surface area contributed by atoms with Crippen LogP contribution in [-0.2, 0) is 0 Å². The van der Waals surface area contributed by atoms with Crippen LogP contribution in [0.3, 0.4) is 0 Å². The van der Waals surface area contributed by atoms with Gasteiger partial charge in [-0.3, -0.25) is 0 Å². The summed E-state index contributed by atoms with van der Waals surface area (Å²) in [4.78, 5) is 15.4. The first-order valence-corrected chi connectivity index (χ1v) is 5.54. The number of furan rings is 1. The molecule has 6 nitrogen and oxygen atoms in total. The van der Waals surface area contributed by atoms with Gasteiger partial charge >= 0.3 is 5.97 Å². The molecule has 0 spiro atoms. The fourth-order valence-electron chi connectivity index (χ4n) is 1.73. The minimum Gasteiger partial charge on any atom is -0.478 e. The van der Waals surface area contributed by atoms with Gasteiger partial charge in [-0.25, -0.2) is 14.5 Å². The molecule has 94 valence electrons. The quantitative estimate of drug-likeness (QED) is 0.776. The Morgan fingerprint density at radius 3 is 2.79 bits per heavy atom. The van der Waals surface area contributed by atoms with Crippen molar-refractivity contribution in [3.05, 3.63) is 54.6 Å². The lowest BCUT2D eigenvalue weighted by Crippen LogP contribution is -1.97. The van der Waals surface area contributed by atoms with E-state index in [1.54, 1.807) is 36.5 Å². The average Bonchev–Trinajstić information content (AvgIpc) is 3.08. The van der Waals surface area contributed by atoms with E-state index in [4.69, 9.17) is 4.42 Å². The second-order valence-corrected chi connectivity index (χ2v) is 3.81. The number of hydrogen-bond acceptors (Lipinski definition) is 4. The molecule has 0 aromatic carbocycles. The zero-order valence-corrected chi connectivity index (χ0v) is 9.72. The lowest BCUT2D eigenvalue weighted by molar-refractivity contribution is 0.0697. The van der Waals surface area contributed by atoms with Gasteiger partial charge in [-0.15, -0.1) is 0 Å². The van der Waals surface area contributed by atoms with Crippen molar-refractivity contribution in [2.75, 3.05) is 0 Å². The second-order valence-electron chi connectivity index (χ2n) is 3.81. The summed E-state index contributed by atoms with van der Waals surface area (Å²) in [5, 5.41) is 13.4. The van der Waals surface area contributed by atoms with Crippen LogP contribution in [0, 0.1) is 0 Å². The van der Waals surface area contributed by atoms with Gasteiger partial charge in [0, 0.05) is 12.4 Å². The molecular weight excluding hydrogens is 246 g/mol. The van der Waals surface area contributed by atoms with Crippen molar-refractivity contribution in [3.8, 4) is 17.3 Å². The van der Waals surface area contributed by atoms with Gasteiger partial charge in [0.1, 0.15) is 11.3 Å². The molecule has 0 saturated heterocycles. The molecule has 1 N–H and O–H groups in total. The number of aromatic carboxylic acids is 1. The summed E-state index contributed by atoms with van der Waals surface area (Å²) in [5.41, 5.74) is 0.351. The van der Waals surface area contributed by atoms with Crippen molar-refractivity contribution in [2.45, 2.75) is 0 Å². The highest BCUT2D eigenvalue weighted by Crippen LogP contribution is 2.23. The Hall–Kier alpha value is -2.89. The Morgan fingerprint density at radius 1 is 1.26 bits per heavy atom. The smallest absolute Gasteiger partial charge is 0.339 e. The van der Waals surface area contributed by atoms with Gasteiger partial charge in [-0.2, -0.15) is 5.10 Å². The third-order valence-corrected chi connectivity index (χ3v) is 2.58. The molecule has 0 fully saturated rings. The summed E-state index contributed by atoms with van der Waals surface area (Å²) in [6.45, 7) is 0. The third kappa shape index (κ3) is 1.99. The van der Waals surface area contributed by atoms with Gasteiger partial charge in [0.15, 0.2) is 11.6 Å². The molecule has 3 heterocycles. The molecule has 3 aromatic heterocycles. The zero-order valence-electron chi connectivity index (χ0n) is 9.72. The molecular formula is C13H9N3O3. The maximum atomic E-state index is 11.2. The van der Waals surface area contributed by atoms with E-state index >= 15 is 0 Å². The lowest BCUT2D eigenvalue weighted by Gasteiger charge is -1.97. The maximum absolute atomic E-state index is 11.2. The van der Waals surface area contributed by atoms with Crippen molar-refractivity contribution in [3.63, 3.8) is 0 Å². The number of nitrogens with zero attached hydrogens (tertiary/aromatic N) is 3. The fraction of sp³-hybridized carbons (Fsp3) is 0. The molecule has 0 atom stereocenters. The Morgan fingerprint density at radius 2 is 2.16 bits per heavy atom. The Bertz CT molecular complexity index is 702. The summed E-state index contributed by atoms with van der Waals surface area (Å²) in [7, 11) is 0. The molecule has 0 unspecified atom stereocenters. The molecule has 0 bridgehead atoms. The molecule has 0 aliphatic carbocycles. The Balaban J connectivity index is 2.15. The van der Waals surface area contributed by atoms with E-state index in [0.717, 1.165) is 0 Å². The van der Waals surface area contributed by atoms with Crippen LogP contribution < -0.4 is 0 Å². The number of carbonyl (C=O) groups is 1. The van der Waals surface area contributed by atoms with E-state index in [1.807, 2.05) is 0 Å². The molecule has 0 radical (unpaired) electrons. The molecule has 0 aliphatic heterocycles. The zero-order chi connectivity index (χ0) is 13.2. The third-order valence-electron chi connectivity index (χ3n) is 2.58. The topological polar surface area (TPSA) is 81.1 Å². The van der Waals surface area contributed by atoms with Gasteiger partial charge < -0.3 is 9.52 Å². The van der Waals surface area contributed by atoms with Crippen molar-refractivity contribution < 1.29 is 14.3 Å². The highest BCUT2D eigenvalue weighted by molar-refractivity contribution is 5.94. The van der Waals surface area contributed by atoms with E-state index in [1.165, 1.54) is 17.1 Å². The van der Waals surface area contributed by atoms with E-state index in [0.29, 0.717) is 11.6 Å². The van der Waals surface area contributed by atoms with Crippen molar-refractivity contribution in [2.24, 2.45) is 0 Å². The van der Waals surface area contributed by atoms with Crippen LogP contribution in [-0.4, -0.2) is 25.8 Å². The molecule has 6 heteroatoms. The number of carboxylic acids is 1. The van der Waals surface area contributed by atoms with Crippen LogP contribution in [0.5, 0.6) is 0 Å². The first-order chi connectivity index (χ1) is 9.25. The number of aromatic nitrogens is 3. The Kier molecular flexibility index (Phi) is 2.60. The van der Waals surface area contributed by atoms with Crippen LogP contribution >= 0.6 is 0 Å². The normalized spacial score (nSPS) is 10.5. The first-order valence-electron chi connectivity index (χ1n) is 5.54. The number of carboxylic acid groups (broad SMARTS) is 1. The van der Waals surface area contributed by atoms with Gasteiger partial charge in [-0.1, -0.05) is 6.07 Å². The van der Waals surface area contributed by atoms with E-state index in [-0.39, 0.29) is 11.3 Å². The van der Waals surface area contributed by atoms with Crippen molar-refractivity contribution in [1.82, 2.24) is 14.8 Å². The van der Waals surface area contributed by atoms with Gasteiger partial charge in [-0.05, 0) is 24.3 Å². The number of rotatable bonds is 3. The molecule has 0 aliphatic rings. The SMILES string of the molecule is O=C(O)c1cn(-c2ccccn2)nc1-c1ccco1. The van der Waals surface area contributed by atoms with Crippen molar-refractivity contribution >= 4 is 5.97 Å². The largest absolute Gasteiger partial charge is 0.478 e. The maximum Gasteiger partial charge on any atom is 0.339 e. The van der Waals surface area contributed by atoms with Gasteiger partial charge in [0.25, 0.3) is 0 Å². The molecule has 3 aromatic rings. The standard InChI is InChI=1S/C13H9N3O3/c17-13(18)9-8-16(11-5-1-2-6-14-11)15-12(9)10-4-3-7-19-10/h1-8H,(H,17,18). The van der Waals surface area contributed by atoms with Crippen LogP contribution in [0.4, 0.5) is 0 Å². The summed E-state index contributed by atoms with van der Waals surface area (Å²) in [6, 6.07) is 8.67. The van der Waals surface area contributed by atoms with E-state index in [9.17, 15) is 9.90 Å². The van der Waals surface area contributed by atoms with E-state index in [2.05, 4.69) is 10.1 Å².